The highest BCUT2D eigenvalue weighted by molar-refractivity contribution is 4.87. The van der Waals surface area contributed by atoms with Gasteiger partial charge in [0, 0.05) is 45.4 Å². The molecule has 0 aromatic rings. The Hall–Kier alpha value is -0.120. The Morgan fingerprint density at radius 2 is 2.06 bits per heavy atom. The third kappa shape index (κ3) is 4.87. The Morgan fingerprint density at radius 1 is 1.28 bits per heavy atom. The summed E-state index contributed by atoms with van der Waals surface area (Å²) in [5.41, 5.74) is 0.362. The molecule has 1 saturated carbocycles. The van der Waals surface area contributed by atoms with Crippen LogP contribution < -0.4 is 5.32 Å². The molecule has 2 aliphatic rings. The quantitative estimate of drug-likeness (QED) is 0.735. The number of nitrogens with one attached hydrogen (secondary N) is 1. The minimum absolute atomic E-state index is 0.362. The molecule has 3 heteroatoms. The molecular weight excluding hydrogens is 224 g/mol. The predicted octanol–water partition coefficient (Wildman–Crippen LogP) is 2.12. The Bertz CT molecular complexity index is 245. The van der Waals surface area contributed by atoms with Gasteiger partial charge in [-0.15, -0.1) is 0 Å². The van der Waals surface area contributed by atoms with Crippen molar-refractivity contribution < 1.29 is 4.74 Å². The normalized spacial score (nSPS) is 26.5. The van der Waals surface area contributed by atoms with E-state index in [1.807, 2.05) is 0 Å². The van der Waals surface area contributed by atoms with Gasteiger partial charge in [-0.1, -0.05) is 20.8 Å². The van der Waals surface area contributed by atoms with Gasteiger partial charge in [0.1, 0.15) is 0 Å². The van der Waals surface area contributed by atoms with Crippen molar-refractivity contribution in [1.82, 2.24) is 10.2 Å². The maximum atomic E-state index is 5.70. The van der Waals surface area contributed by atoms with Crippen molar-refractivity contribution >= 4 is 0 Å². The summed E-state index contributed by atoms with van der Waals surface area (Å²) < 4.78 is 5.70. The molecule has 0 amide bonds. The van der Waals surface area contributed by atoms with Gasteiger partial charge in [0.05, 0.1) is 0 Å². The maximum absolute atomic E-state index is 5.70. The van der Waals surface area contributed by atoms with Crippen LogP contribution in [0.15, 0.2) is 0 Å². The van der Waals surface area contributed by atoms with Crippen molar-refractivity contribution in [2.75, 3.05) is 39.4 Å². The van der Waals surface area contributed by atoms with Crippen LogP contribution in [-0.2, 0) is 4.74 Å². The molecule has 0 aromatic carbocycles. The monoisotopic (exact) mass is 254 g/mol. The summed E-state index contributed by atoms with van der Waals surface area (Å²) in [7, 11) is 0. The van der Waals surface area contributed by atoms with Crippen LogP contribution in [0.25, 0.3) is 0 Å². The first kappa shape index (κ1) is 14.3. The van der Waals surface area contributed by atoms with Gasteiger partial charge in [-0.2, -0.15) is 0 Å². The molecule has 1 N–H and O–H groups in total. The lowest BCUT2D eigenvalue weighted by atomic mass is 9.85. The van der Waals surface area contributed by atoms with Crippen molar-refractivity contribution in [3.63, 3.8) is 0 Å². The Morgan fingerprint density at radius 3 is 2.72 bits per heavy atom. The fraction of sp³-hybridized carbons (Fsp3) is 1.00. The minimum Gasteiger partial charge on any atom is -0.381 e. The SMILES string of the molecule is CC(C)(C)C1CN(CCCOCC2CC2)CCN1. The lowest BCUT2D eigenvalue weighted by Crippen LogP contribution is -2.55. The zero-order chi connectivity index (χ0) is 13.0. The average molecular weight is 254 g/mol. The molecule has 3 nitrogen and oxygen atoms in total. The van der Waals surface area contributed by atoms with Gasteiger partial charge in [0.2, 0.25) is 0 Å². The van der Waals surface area contributed by atoms with Crippen LogP contribution in [0.5, 0.6) is 0 Å². The van der Waals surface area contributed by atoms with E-state index in [0.717, 1.165) is 25.7 Å². The van der Waals surface area contributed by atoms with Gasteiger partial charge in [0.15, 0.2) is 0 Å². The van der Waals surface area contributed by atoms with Crippen LogP contribution in [0.4, 0.5) is 0 Å². The third-order valence-electron chi connectivity index (χ3n) is 4.12. The molecule has 1 heterocycles. The summed E-state index contributed by atoms with van der Waals surface area (Å²) >= 11 is 0. The summed E-state index contributed by atoms with van der Waals surface area (Å²) in [5.74, 6) is 0.898. The molecule has 2 fully saturated rings. The summed E-state index contributed by atoms with van der Waals surface area (Å²) in [5, 5.41) is 3.64. The Kier molecular flexibility index (Phi) is 5.05. The van der Waals surface area contributed by atoms with E-state index in [1.54, 1.807) is 0 Å². The number of piperazine rings is 1. The fourth-order valence-electron chi connectivity index (χ4n) is 2.52. The molecule has 0 bridgehead atoms. The number of nitrogens with zero attached hydrogens (tertiary/aromatic N) is 1. The number of ether oxygens (including phenoxy) is 1. The van der Waals surface area contributed by atoms with E-state index in [1.165, 1.54) is 38.9 Å². The van der Waals surface area contributed by atoms with Crippen molar-refractivity contribution in [3.8, 4) is 0 Å². The molecule has 1 saturated heterocycles. The molecule has 1 aliphatic carbocycles. The number of hydrogen-bond acceptors (Lipinski definition) is 3. The van der Waals surface area contributed by atoms with E-state index in [4.69, 9.17) is 4.74 Å². The molecular formula is C15H30N2O. The minimum atomic E-state index is 0.362. The summed E-state index contributed by atoms with van der Waals surface area (Å²) in [6, 6.07) is 0.624. The maximum Gasteiger partial charge on any atom is 0.0494 e. The first-order valence-electron chi connectivity index (χ1n) is 7.59. The van der Waals surface area contributed by atoms with Gasteiger partial charge >= 0.3 is 0 Å². The van der Waals surface area contributed by atoms with Gasteiger partial charge in [0.25, 0.3) is 0 Å². The second-order valence-electron chi connectivity index (χ2n) is 7.05. The third-order valence-corrected chi connectivity index (χ3v) is 4.12. The van der Waals surface area contributed by atoms with Crippen molar-refractivity contribution in [2.45, 2.75) is 46.1 Å². The van der Waals surface area contributed by atoms with Gasteiger partial charge in [-0.3, -0.25) is 0 Å². The second kappa shape index (κ2) is 6.36. The highest BCUT2D eigenvalue weighted by Crippen LogP contribution is 2.28. The molecule has 1 aliphatic heterocycles. The number of hydrogen-bond donors (Lipinski definition) is 1. The lowest BCUT2D eigenvalue weighted by molar-refractivity contribution is 0.0951. The topological polar surface area (TPSA) is 24.5 Å². The Labute approximate surface area is 112 Å². The predicted molar refractivity (Wildman–Crippen MR) is 75.8 cm³/mol. The molecule has 0 spiro atoms. The molecule has 2 rings (SSSR count). The van der Waals surface area contributed by atoms with Crippen molar-refractivity contribution in [2.24, 2.45) is 11.3 Å². The van der Waals surface area contributed by atoms with E-state index < -0.39 is 0 Å². The average Bonchev–Trinajstić information content (AvgIpc) is 3.12. The van der Waals surface area contributed by atoms with E-state index in [-0.39, 0.29) is 0 Å². The molecule has 106 valence electrons. The van der Waals surface area contributed by atoms with E-state index in [2.05, 4.69) is 31.0 Å². The standard InChI is InChI=1S/C15H30N2O/c1-15(2,3)14-11-17(9-7-16-14)8-4-10-18-12-13-5-6-13/h13-14,16H,4-12H2,1-3H3. The summed E-state index contributed by atoms with van der Waals surface area (Å²) in [4.78, 5) is 2.59. The van der Waals surface area contributed by atoms with E-state index in [9.17, 15) is 0 Å². The van der Waals surface area contributed by atoms with E-state index >= 15 is 0 Å². The van der Waals surface area contributed by atoms with E-state index in [0.29, 0.717) is 11.5 Å². The van der Waals surface area contributed by atoms with Crippen LogP contribution in [0.3, 0.4) is 0 Å². The smallest absolute Gasteiger partial charge is 0.0494 e. The van der Waals surface area contributed by atoms with Crippen LogP contribution in [0.1, 0.15) is 40.0 Å². The van der Waals surface area contributed by atoms with Gasteiger partial charge in [-0.25, -0.2) is 0 Å². The number of rotatable bonds is 6. The second-order valence-corrected chi connectivity index (χ2v) is 7.05. The molecule has 1 unspecified atom stereocenters. The first-order valence-corrected chi connectivity index (χ1v) is 7.59. The molecule has 0 radical (unpaired) electrons. The van der Waals surface area contributed by atoms with Crippen molar-refractivity contribution in [3.05, 3.63) is 0 Å². The fourth-order valence-corrected chi connectivity index (χ4v) is 2.52. The zero-order valence-corrected chi connectivity index (χ0v) is 12.4. The Balaban J connectivity index is 1.57. The van der Waals surface area contributed by atoms with Crippen LogP contribution in [0.2, 0.25) is 0 Å². The summed E-state index contributed by atoms with van der Waals surface area (Å²) in [6.45, 7) is 13.6. The molecule has 18 heavy (non-hydrogen) atoms. The highest BCUT2D eigenvalue weighted by Gasteiger charge is 2.28. The van der Waals surface area contributed by atoms with Gasteiger partial charge < -0.3 is 15.0 Å². The van der Waals surface area contributed by atoms with Crippen LogP contribution >= 0.6 is 0 Å². The highest BCUT2D eigenvalue weighted by atomic mass is 16.5. The summed E-state index contributed by atoms with van der Waals surface area (Å²) in [6.07, 6.45) is 3.97. The van der Waals surface area contributed by atoms with Crippen LogP contribution in [-0.4, -0.2) is 50.3 Å². The molecule has 1 atom stereocenters. The lowest BCUT2D eigenvalue weighted by Gasteiger charge is -2.40. The molecule has 0 aromatic heterocycles. The zero-order valence-electron chi connectivity index (χ0n) is 12.4. The van der Waals surface area contributed by atoms with Crippen LogP contribution in [0, 0.1) is 11.3 Å². The largest absolute Gasteiger partial charge is 0.381 e. The van der Waals surface area contributed by atoms with Gasteiger partial charge in [-0.05, 0) is 30.6 Å². The van der Waals surface area contributed by atoms with Crippen molar-refractivity contribution in [1.29, 1.82) is 0 Å². The first-order chi connectivity index (χ1) is 8.55.